The summed E-state index contributed by atoms with van der Waals surface area (Å²) < 4.78 is 0. The van der Waals surface area contributed by atoms with Gasteiger partial charge in [-0.1, -0.05) is 27.2 Å². The first-order valence-corrected chi connectivity index (χ1v) is 3.01. The quantitative estimate of drug-likeness (QED) is 0.435. The van der Waals surface area contributed by atoms with Gasteiger partial charge in [-0.15, -0.1) is 11.6 Å². The van der Waals surface area contributed by atoms with Crippen molar-refractivity contribution in [3.63, 3.8) is 0 Å². The van der Waals surface area contributed by atoms with Gasteiger partial charge in [0.15, 0.2) is 0 Å². The molecule has 0 nitrogen and oxygen atoms in total. The van der Waals surface area contributed by atoms with Gasteiger partial charge in [0.05, 0.1) is 0 Å². The van der Waals surface area contributed by atoms with Gasteiger partial charge in [0.1, 0.15) is 0 Å². The minimum atomic E-state index is 0. The first-order chi connectivity index (χ1) is 2.91. The molecule has 0 saturated heterocycles. The highest BCUT2D eigenvalue weighted by Crippen LogP contribution is 1.93. The van der Waals surface area contributed by atoms with Gasteiger partial charge in [-0.3, -0.25) is 0 Å². The largest absolute Gasteiger partial charge is 0.197 e. The Bertz CT molecular complexity index is 20.5. The summed E-state index contributed by atoms with van der Waals surface area (Å²) in [5, 5.41) is 0. The van der Waals surface area contributed by atoms with Crippen LogP contribution >= 0.6 is 25.1 Å². The molecule has 2 heteroatoms. The van der Waals surface area contributed by atoms with Crippen LogP contribution in [0.3, 0.4) is 0 Å². The molecule has 8 heavy (non-hydrogen) atoms. The average Bonchev–Trinajstić information content (AvgIpc) is 1.61. The predicted octanol–water partition coefficient (Wildman–Crippen LogP) is 3.16. The Kier molecular flexibility index (Phi) is 31.0. The molecule has 0 rings (SSSR count). The Labute approximate surface area is 65.1 Å². The normalized spacial score (nSPS) is 6.75. The standard InChI is InChI=1S/C5H11Cl.CH4.H2S/c1-2-3-4-5-6;;/h2-5H2,1H3;1H4;1H2. The van der Waals surface area contributed by atoms with Crippen LogP contribution in [0.25, 0.3) is 0 Å². The van der Waals surface area contributed by atoms with Gasteiger partial charge in [0, 0.05) is 5.88 Å². The lowest BCUT2D eigenvalue weighted by Gasteiger charge is -1.84. The van der Waals surface area contributed by atoms with Crippen molar-refractivity contribution < 1.29 is 0 Å². The van der Waals surface area contributed by atoms with Gasteiger partial charge in [0.2, 0.25) is 0 Å². The zero-order valence-corrected chi connectivity index (χ0v) is 6.46. The van der Waals surface area contributed by atoms with Crippen molar-refractivity contribution in [3.8, 4) is 0 Å². The fourth-order valence-corrected chi connectivity index (χ4v) is 0.533. The molecule has 0 saturated carbocycles. The molecule has 0 aromatic carbocycles. The molecule has 0 aliphatic heterocycles. The third-order valence-electron chi connectivity index (χ3n) is 0.737. The van der Waals surface area contributed by atoms with E-state index in [1.54, 1.807) is 0 Å². The van der Waals surface area contributed by atoms with E-state index in [1.807, 2.05) is 0 Å². The van der Waals surface area contributed by atoms with Crippen molar-refractivity contribution in [1.82, 2.24) is 0 Å². The Morgan fingerprint density at radius 3 is 1.88 bits per heavy atom. The van der Waals surface area contributed by atoms with Crippen molar-refractivity contribution in [1.29, 1.82) is 0 Å². The fraction of sp³-hybridized carbons (Fsp3) is 1.00. The maximum atomic E-state index is 5.38. The van der Waals surface area contributed by atoms with Crippen LogP contribution in [-0.4, -0.2) is 5.88 Å². The van der Waals surface area contributed by atoms with E-state index in [0.717, 1.165) is 5.88 Å². The Morgan fingerprint density at radius 1 is 1.25 bits per heavy atom. The highest BCUT2D eigenvalue weighted by Gasteiger charge is 1.76. The maximum Gasteiger partial charge on any atom is 0.0223 e. The molecule has 0 heterocycles. The highest BCUT2D eigenvalue weighted by molar-refractivity contribution is 7.59. The summed E-state index contributed by atoms with van der Waals surface area (Å²) in [4.78, 5) is 0. The summed E-state index contributed by atoms with van der Waals surface area (Å²) in [6.45, 7) is 2.17. The first-order valence-electron chi connectivity index (χ1n) is 2.47. The summed E-state index contributed by atoms with van der Waals surface area (Å²) in [5.74, 6) is 0.827. The minimum absolute atomic E-state index is 0. The summed E-state index contributed by atoms with van der Waals surface area (Å²) in [6, 6.07) is 0. The molecule has 0 atom stereocenters. The molecule has 0 aliphatic carbocycles. The highest BCUT2D eigenvalue weighted by atomic mass is 35.5. The van der Waals surface area contributed by atoms with Crippen molar-refractivity contribution in [2.24, 2.45) is 0 Å². The lowest BCUT2D eigenvalue weighted by molar-refractivity contribution is 0.776. The van der Waals surface area contributed by atoms with Gasteiger partial charge >= 0.3 is 0 Å². The summed E-state index contributed by atoms with van der Waals surface area (Å²) in [7, 11) is 0. The molecule has 0 aliphatic rings. The molecule has 0 amide bonds. The number of unbranched alkanes of at least 4 members (excludes halogenated alkanes) is 2. The number of hydrogen-bond acceptors (Lipinski definition) is 0. The zero-order valence-electron chi connectivity index (χ0n) is 4.71. The SMILES string of the molecule is C.CCCCCCl.S. The molecular weight excluding hydrogens is 140 g/mol. The number of hydrogen-bond donors (Lipinski definition) is 0. The van der Waals surface area contributed by atoms with Gasteiger partial charge in [-0.25, -0.2) is 0 Å². The fourth-order valence-electron chi connectivity index (χ4n) is 0.344. The Balaban J connectivity index is -0.000000125. The van der Waals surface area contributed by atoms with E-state index < -0.39 is 0 Å². The van der Waals surface area contributed by atoms with E-state index in [9.17, 15) is 0 Å². The van der Waals surface area contributed by atoms with E-state index in [4.69, 9.17) is 11.6 Å². The van der Waals surface area contributed by atoms with Crippen LogP contribution in [0.5, 0.6) is 0 Å². The Morgan fingerprint density at radius 2 is 1.75 bits per heavy atom. The van der Waals surface area contributed by atoms with Crippen molar-refractivity contribution in [2.45, 2.75) is 33.6 Å². The van der Waals surface area contributed by atoms with Gasteiger partial charge in [-0.2, -0.15) is 13.5 Å². The second-order valence-electron chi connectivity index (χ2n) is 1.40. The third kappa shape index (κ3) is 15.9. The summed E-state index contributed by atoms with van der Waals surface area (Å²) >= 11 is 5.38. The second-order valence-corrected chi connectivity index (χ2v) is 1.77. The summed E-state index contributed by atoms with van der Waals surface area (Å²) in [5.41, 5.74) is 0. The topological polar surface area (TPSA) is 0 Å². The monoisotopic (exact) mass is 156 g/mol. The lowest BCUT2D eigenvalue weighted by Crippen LogP contribution is -1.70. The van der Waals surface area contributed by atoms with Crippen LogP contribution in [0.4, 0.5) is 0 Å². The number of halogens is 1. The van der Waals surface area contributed by atoms with Gasteiger partial charge in [-0.05, 0) is 6.42 Å². The molecule has 54 valence electrons. The summed E-state index contributed by atoms with van der Waals surface area (Å²) in [6.07, 6.45) is 3.73. The van der Waals surface area contributed by atoms with Crippen LogP contribution in [0.15, 0.2) is 0 Å². The van der Waals surface area contributed by atoms with Gasteiger partial charge < -0.3 is 0 Å². The molecule has 0 unspecified atom stereocenters. The third-order valence-corrected chi connectivity index (χ3v) is 1.00. The van der Waals surface area contributed by atoms with Crippen LogP contribution < -0.4 is 0 Å². The van der Waals surface area contributed by atoms with Crippen LogP contribution in [0.1, 0.15) is 33.6 Å². The van der Waals surface area contributed by atoms with Gasteiger partial charge in [0.25, 0.3) is 0 Å². The van der Waals surface area contributed by atoms with Crippen LogP contribution in [-0.2, 0) is 0 Å². The van der Waals surface area contributed by atoms with Crippen LogP contribution in [0.2, 0.25) is 0 Å². The average molecular weight is 157 g/mol. The van der Waals surface area contributed by atoms with E-state index in [0.29, 0.717) is 0 Å². The molecule has 0 aromatic rings. The number of rotatable bonds is 3. The molecule has 0 fully saturated rings. The Hall–Kier alpha value is 0.640. The molecule has 0 spiro atoms. The second kappa shape index (κ2) is 15.6. The lowest BCUT2D eigenvalue weighted by atomic mass is 10.3. The molecular formula is C6H17ClS. The smallest absolute Gasteiger partial charge is 0.0223 e. The van der Waals surface area contributed by atoms with E-state index in [-0.39, 0.29) is 20.9 Å². The van der Waals surface area contributed by atoms with Crippen LogP contribution in [0, 0.1) is 0 Å². The molecule has 0 N–H and O–H groups in total. The zero-order chi connectivity index (χ0) is 4.83. The van der Waals surface area contributed by atoms with E-state index in [1.165, 1.54) is 19.3 Å². The van der Waals surface area contributed by atoms with E-state index >= 15 is 0 Å². The minimum Gasteiger partial charge on any atom is -0.197 e. The molecule has 0 radical (unpaired) electrons. The molecule has 0 bridgehead atoms. The molecule has 0 aromatic heterocycles. The van der Waals surface area contributed by atoms with Crippen molar-refractivity contribution in [3.05, 3.63) is 0 Å². The van der Waals surface area contributed by atoms with E-state index in [2.05, 4.69) is 6.92 Å². The van der Waals surface area contributed by atoms with Crippen molar-refractivity contribution >= 4 is 25.1 Å². The number of alkyl halides is 1. The first kappa shape index (κ1) is 15.9. The van der Waals surface area contributed by atoms with Crippen molar-refractivity contribution in [2.75, 3.05) is 5.88 Å². The maximum absolute atomic E-state index is 5.38. The predicted molar refractivity (Wildman–Crippen MR) is 47.4 cm³/mol.